The highest BCUT2D eigenvalue weighted by Gasteiger charge is 2.35. The number of carbonyl (C=O) groups is 2. The molecule has 3 rings (SSSR count). The van der Waals surface area contributed by atoms with Gasteiger partial charge in [0.05, 0.1) is 10.6 Å². The van der Waals surface area contributed by atoms with E-state index in [2.05, 4.69) is 5.32 Å². The molecule has 1 N–H and O–H groups in total. The molecule has 0 fully saturated rings. The lowest BCUT2D eigenvalue weighted by Crippen LogP contribution is -2.53. The Kier molecular flexibility index (Phi) is 11.9. The minimum Gasteiger partial charge on any atom is -0.352 e. The zero-order valence-electron chi connectivity index (χ0n) is 24.7. The van der Waals surface area contributed by atoms with Gasteiger partial charge in [-0.2, -0.15) is 0 Å². The van der Waals surface area contributed by atoms with Crippen molar-refractivity contribution in [3.8, 4) is 0 Å². The predicted molar refractivity (Wildman–Crippen MR) is 171 cm³/mol. The first kappa shape index (κ1) is 33.4. The minimum absolute atomic E-state index is 0.0639. The SMILES string of the molecule is CCc1ccccc1N(CC(=O)N(Cc1c(Cl)cccc1Cl)[C@@H](CC)C(=O)N[C@H](C)CC)S(=O)(=O)c1ccc(C)cc1. The summed E-state index contributed by atoms with van der Waals surface area (Å²) in [6.45, 7) is 8.85. The number of hydrogen-bond acceptors (Lipinski definition) is 4. The Hall–Kier alpha value is -3.07. The topological polar surface area (TPSA) is 86.8 Å². The van der Waals surface area contributed by atoms with Crippen LogP contribution in [0.5, 0.6) is 0 Å². The molecular weight excluding hydrogens is 593 g/mol. The molecule has 0 spiro atoms. The maximum absolute atomic E-state index is 14.3. The summed E-state index contributed by atoms with van der Waals surface area (Å²) in [6.07, 6.45) is 1.56. The van der Waals surface area contributed by atoms with E-state index in [0.29, 0.717) is 40.6 Å². The Morgan fingerprint density at radius 1 is 0.881 bits per heavy atom. The highest BCUT2D eigenvalue weighted by Crippen LogP contribution is 2.30. The largest absolute Gasteiger partial charge is 0.352 e. The van der Waals surface area contributed by atoms with Gasteiger partial charge in [-0.15, -0.1) is 0 Å². The summed E-state index contributed by atoms with van der Waals surface area (Å²) in [6, 6.07) is 17.6. The molecule has 0 aliphatic heterocycles. The molecule has 0 aliphatic rings. The monoisotopic (exact) mass is 631 g/mol. The number of rotatable bonds is 13. The number of aryl methyl sites for hydroxylation is 2. The van der Waals surface area contributed by atoms with Crippen LogP contribution in [0.1, 0.15) is 57.2 Å². The number of anilines is 1. The molecule has 3 aromatic rings. The third-order valence-electron chi connectivity index (χ3n) is 7.31. The zero-order chi connectivity index (χ0) is 31.0. The lowest BCUT2D eigenvalue weighted by Gasteiger charge is -2.34. The summed E-state index contributed by atoms with van der Waals surface area (Å²) < 4.78 is 29.4. The van der Waals surface area contributed by atoms with Crippen LogP contribution in [0.3, 0.4) is 0 Å². The molecule has 0 saturated carbocycles. The normalized spacial score (nSPS) is 12.8. The van der Waals surface area contributed by atoms with Crippen molar-refractivity contribution in [2.75, 3.05) is 10.8 Å². The van der Waals surface area contributed by atoms with Gasteiger partial charge in [0.15, 0.2) is 0 Å². The fourth-order valence-electron chi connectivity index (χ4n) is 4.62. The molecule has 0 unspecified atom stereocenters. The number of para-hydroxylation sites is 1. The summed E-state index contributed by atoms with van der Waals surface area (Å²) in [5, 5.41) is 3.66. The molecule has 0 heterocycles. The van der Waals surface area contributed by atoms with Gasteiger partial charge in [0.25, 0.3) is 10.0 Å². The second-order valence-corrected chi connectivity index (χ2v) is 12.9. The van der Waals surface area contributed by atoms with E-state index in [1.165, 1.54) is 17.0 Å². The maximum atomic E-state index is 14.3. The lowest BCUT2D eigenvalue weighted by molar-refractivity contribution is -0.140. The first-order valence-electron chi connectivity index (χ1n) is 14.1. The number of nitrogens with one attached hydrogen (secondary N) is 1. The van der Waals surface area contributed by atoms with Gasteiger partial charge in [-0.3, -0.25) is 13.9 Å². The van der Waals surface area contributed by atoms with E-state index < -0.39 is 28.5 Å². The van der Waals surface area contributed by atoms with Gasteiger partial charge in [0.2, 0.25) is 11.8 Å². The molecule has 2 amide bonds. The second kappa shape index (κ2) is 14.9. The molecule has 3 aromatic carbocycles. The number of benzene rings is 3. The van der Waals surface area contributed by atoms with E-state index in [0.717, 1.165) is 15.4 Å². The van der Waals surface area contributed by atoms with Gasteiger partial charge in [-0.1, -0.05) is 85.9 Å². The van der Waals surface area contributed by atoms with Crippen molar-refractivity contribution in [1.82, 2.24) is 10.2 Å². The third kappa shape index (κ3) is 7.85. The van der Waals surface area contributed by atoms with E-state index in [1.54, 1.807) is 42.5 Å². The fraction of sp³-hybridized carbons (Fsp3) is 0.375. The summed E-state index contributed by atoms with van der Waals surface area (Å²) in [7, 11) is -4.16. The van der Waals surface area contributed by atoms with Crippen LogP contribution in [0.2, 0.25) is 10.0 Å². The Morgan fingerprint density at radius 3 is 2.07 bits per heavy atom. The first-order chi connectivity index (χ1) is 19.9. The number of hydrogen-bond donors (Lipinski definition) is 1. The van der Waals surface area contributed by atoms with Crippen LogP contribution in [0, 0.1) is 6.92 Å². The van der Waals surface area contributed by atoms with E-state index in [1.807, 2.05) is 46.8 Å². The molecule has 2 atom stereocenters. The standard InChI is InChI=1S/C32H39Cl2N3O4S/c1-6-23(5)35-32(39)29(8-3)36(20-26-27(33)13-11-14-28(26)34)31(38)21-37(30-15-10-9-12-24(30)7-2)42(40,41)25-18-16-22(4)17-19-25/h9-19,23,29H,6-8,20-21H2,1-5H3,(H,35,39)/t23-,29+/m1/s1. The van der Waals surface area contributed by atoms with Crippen LogP contribution in [-0.2, 0) is 32.6 Å². The molecule has 0 radical (unpaired) electrons. The fourth-order valence-corrected chi connectivity index (χ4v) is 6.59. The third-order valence-corrected chi connectivity index (χ3v) is 9.79. The van der Waals surface area contributed by atoms with Crippen molar-refractivity contribution in [1.29, 1.82) is 0 Å². The van der Waals surface area contributed by atoms with Gasteiger partial charge < -0.3 is 10.2 Å². The zero-order valence-corrected chi connectivity index (χ0v) is 27.1. The summed E-state index contributed by atoms with van der Waals surface area (Å²) in [4.78, 5) is 29.2. The van der Waals surface area contributed by atoms with E-state index in [4.69, 9.17) is 23.2 Å². The average Bonchev–Trinajstić information content (AvgIpc) is 2.97. The van der Waals surface area contributed by atoms with Crippen molar-refractivity contribution in [3.05, 3.63) is 93.5 Å². The van der Waals surface area contributed by atoms with Crippen LogP contribution < -0.4 is 9.62 Å². The number of carbonyl (C=O) groups excluding carboxylic acids is 2. The quantitative estimate of drug-likeness (QED) is 0.225. The molecule has 10 heteroatoms. The number of nitrogens with zero attached hydrogens (tertiary/aromatic N) is 2. The van der Waals surface area contributed by atoms with Crippen LogP contribution in [-0.4, -0.2) is 43.8 Å². The molecule has 7 nitrogen and oxygen atoms in total. The first-order valence-corrected chi connectivity index (χ1v) is 16.3. The number of halogens is 2. The highest BCUT2D eigenvalue weighted by molar-refractivity contribution is 7.92. The van der Waals surface area contributed by atoms with Crippen molar-refractivity contribution < 1.29 is 18.0 Å². The van der Waals surface area contributed by atoms with Crippen molar-refractivity contribution in [2.45, 2.75) is 77.4 Å². The minimum atomic E-state index is -4.16. The van der Waals surface area contributed by atoms with Gasteiger partial charge in [0, 0.05) is 28.2 Å². The second-order valence-electron chi connectivity index (χ2n) is 10.3. The predicted octanol–water partition coefficient (Wildman–Crippen LogP) is 6.78. The van der Waals surface area contributed by atoms with Crippen LogP contribution in [0.25, 0.3) is 0 Å². The van der Waals surface area contributed by atoms with Crippen molar-refractivity contribution in [3.63, 3.8) is 0 Å². The van der Waals surface area contributed by atoms with E-state index in [-0.39, 0.29) is 23.4 Å². The van der Waals surface area contributed by atoms with E-state index in [9.17, 15) is 18.0 Å². The summed E-state index contributed by atoms with van der Waals surface area (Å²) in [5.41, 5.74) is 2.56. The van der Waals surface area contributed by atoms with Gasteiger partial charge in [-0.05, 0) is 69.0 Å². The Morgan fingerprint density at radius 2 is 1.50 bits per heavy atom. The lowest BCUT2D eigenvalue weighted by atomic mass is 10.1. The number of sulfonamides is 1. The smallest absolute Gasteiger partial charge is 0.264 e. The van der Waals surface area contributed by atoms with Crippen LogP contribution >= 0.6 is 23.2 Å². The highest BCUT2D eigenvalue weighted by atomic mass is 35.5. The van der Waals surface area contributed by atoms with E-state index >= 15 is 0 Å². The van der Waals surface area contributed by atoms with Crippen LogP contribution in [0.4, 0.5) is 5.69 Å². The molecule has 0 aliphatic carbocycles. The maximum Gasteiger partial charge on any atom is 0.264 e. The Balaban J connectivity index is 2.14. The molecule has 0 aromatic heterocycles. The average molecular weight is 633 g/mol. The van der Waals surface area contributed by atoms with Gasteiger partial charge in [-0.25, -0.2) is 8.42 Å². The molecule has 0 saturated heterocycles. The summed E-state index contributed by atoms with van der Waals surface area (Å²) in [5.74, 6) is -0.885. The Labute approximate surface area is 259 Å². The Bertz CT molecular complexity index is 1480. The van der Waals surface area contributed by atoms with Crippen molar-refractivity contribution in [2.24, 2.45) is 0 Å². The van der Waals surface area contributed by atoms with Crippen molar-refractivity contribution >= 4 is 50.7 Å². The van der Waals surface area contributed by atoms with Gasteiger partial charge in [0.1, 0.15) is 12.6 Å². The molecule has 42 heavy (non-hydrogen) atoms. The number of amides is 2. The van der Waals surface area contributed by atoms with Crippen LogP contribution in [0.15, 0.2) is 71.6 Å². The summed E-state index contributed by atoms with van der Waals surface area (Å²) >= 11 is 13.0. The molecule has 226 valence electrons. The van der Waals surface area contributed by atoms with Gasteiger partial charge >= 0.3 is 0 Å². The molecule has 0 bridgehead atoms. The molecular formula is C32H39Cl2N3O4S.